The van der Waals surface area contributed by atoms with Gasteiger partial charge in [0.15, 0.2) is 5.17 Å². The SMILES string of the molecule is CS(=O)(=O)Nc1ccc(/C(Cl)=N/O)cc1. The van der Waals surface area contributed by atoms with E-state index in [1.54, 1.807) is 0 Å². The number of benzene rings is 1. The van der Waals surface area contributed by atoms with E-state index in [0.29, 0.717) is 11.3 Å². The lowest BCUT2D eigenvalue weighted by atomic mass is 10.2. The molecule has 82 valence electrons. The summed E-state index contributed by atoms with van der Waals surface area (Å²) in [6.45, 7) is 0. The summed E-state index contributed by atoms with van der Waals surface area (Å²) in [7, 11) is -3.28. The quantitative estimate of drug-likeness (QED) is 0.483. The zero-order valence-electron chi connectivity index (χ0n) is 7.81. The van der Waals surface area contributed by atoms with Gasteiger partial charge in [0.2, 0.25) is 10.0 Å². The first-order chi connectivity index (χ1) is 6.92. The van der Waals surface area contributed by atoms with Gasteiger partial charge in [-0.1, -0.05) is 16.8 Å². The second-order valence-electron chi connectivity index (χ2n) is 2.84. The third kappa shape index (κ3) is 3.77. The number of anilines is 1. The highest BCUT2D eigenvalue weighted by Gasteiger charge is 2.03. The van der Waals surface area contributed by atoms with Gasteiger partial charge in [-0.05, 0) is 24.3 Å². The van der Waals surface area contributed by atoms with E-state index in [-0.39, 0.29) is 5.17 Å². The molecule has 0 radical (unpaired) electrons. The summed E-state index contributed by atoms with van der Waals surface area (Å²) < 4.78 is 24.0. The van der Waals surface area contributed by atoms with Crippen molar-refractivity contribution in [3.8, 4) is 0 Å². The van der Waals surface area contributed by atoms with Crippen molar-refractivity contribution in [1.82, 2.24) is 0 Å². The Labute approximate surface area is 92.4 Å². The van der Waals surface area contributed by atoms with Crippen molar-refractivity contribution in [2.45, 2.75) is 0 Å². The molecule has 0 saturated heterocycles. The Bertz CT molecular complexity index is 467. The number of nitrogens with one attached hydrogen (secondary N) is 1. The molecule has 0 atom stereocenters. The van der Waals surface area contributed by atoms with Crippen LogP contribution in [0, 0.1) is 0 Å². The summed E-state index contributed by atoms with van der Waals surface area (Å²) in [5, 5.41) is 11.1. The molecular weight excluding hydrogens is 240 g/mol. The minimum absolute atomic E-state index is 0.0547. The summed E-state index contributed by atoms with van der Waals surface area (Å²) in [4.78, 5) is 0. The second-order valence-corrected chi connectivity index (χ2v) is 4.95. The molecule has 0 heterocycles. The summed E-state index contributed by atoms with van der Waals surface area (Å²) >= 11 is 5.54. The van der Waals surface area contributed by atoms with Gasteiger partial charge in [-0.3, -0.25) is 4.72 Å². The number of hydrogen-bond donors (Lipinski definition) is 2. The Balaban J connectivity index is 2.91. The smallest absolute Gasteiger partial charge is 0.229 e. The van der Waals surface area contributed by atoms with Crippen LogP contribution in [0.5, 0.6) is 0 Å². The normalized spacial score (nSPS) is 12.5. The van der Waals surface area contributed by atoms with Crippen LogP contribution < -0.4 is 4.72 Å². The monoisotopic (exact) mass is 248 g/mol. The molecule has 0 aliphatic carbocycles. The van der Waals surface area contributed by atoms with Crippen molar-refractivity contribution < 1.29 is 13.6 Å². The summed E-state index contributed by atoms with van der Waals surface area (Å²) in [6, 6.07) is 6.11. The molecule has 0 amide bonds. The van der Waals surface area contributed by atoms with Crippen LogP contribution in [-0.2, 0) is 10.0 Å². The maximum atomic E-state index is 10.9. The first-order valence-corrected chi connectivity index (χ1v) is 6.15. The molecule has 7 heteroatoms. The van der Waals surface area contributed by atoms with Crippen molar-refractivity contribution in [2.24, 2.45) is 5.16 Å². The van der Waals surface area contributed by atoms with Crippen LogP contribution in [0.3, 0.4) is 0 Å². The standard InChI is InChI=1S/C8H9ClN2O3S/c1-15(13,14)11-7-4-2-6(3-5-7)8(9)10-12/h2-5,11-12H,1H3/b10-8-. The van der Waals surface area contributed by atoms with Gasteiger partial charge in [-0.2, -0.15) is 0 Å². The Morgan fingerprint density at radius 2 is 1.93 bits per heavy atom. The molecule has 15 heavy (non-hydrogen) atoms. The lowest BCUT2D eigenvalue weighted by molar-refractivity contribution is 0.321. The summed E-state index contributed by atoms with van der Waals surface area (Å²) in [6.07, 6.45) is 1.06. The van der Waals surface area contributed by atoms with E-state index in [4.69, 9.17) is 16.8 Å². The fourth-order valence-corrected chi connectivity index (χ4v) is 1.64. The average Bonchev–Trinajstić information content (AvgIpc) is 2.15. The van der Waals surface area contributed by atoms with Gasteiger partial charge >= 0.3 is 0 Å². The first-order valence-electron chi connectivity index (χ1n) is 3.88. The summed E-state index contributed by atoms with van der Waals surface area (Å²) in [5.74, 6) is 0. The molecule has 0 aliphatic rings. The van der Waals surface area contributed by atoms with Crippen LogP contribution in [-0.4, -0.2) is 25.1 Å². The third-order valence-corrected chi connectivity index (χ3v) is 2.41. The van der Waals surface area contributed by atoms with Crippen molar-refractivity contribution in [1.29, 1.82) is 0 Å². The van der Waals surface area contributed by atoms with Gasteiger partial charge in [0, 0.05) is 11.3 Å². The minimum Gasteiger partial charge on any atom is -0.410 e. The molecule has 0 fully saturated rings. The number of oxime groups is 1. The molecule has 5 nitrogen and oxygen atoms in total. The highest BCUT2D eigenvalue weighted by atomic mass is 35.5. The fraction of sp³-hybridized carbons (Fsp3) is 0.125. The topological polar surface area (TPSA) is 78.8 Å². The van der Waals surface area contributed by atoms with E-state index >= 15 is 0 Å². The molecule has 1 aromatic rings. The largest absolute Gasteiger partial charge is 0.410 e. The molecule has 1 rings (SSSR count). The van der Waals surface area contributed by atoms with E-state index in [9.17, 15) is 8.42 Å². The van der Waals surface area contributed by atoms with Gasteiger partial charge in [-0.25, -0.2) is 8.42 Å². The van der Waals surface area contributed by atoms with Crippen LogP contribution in [0.4, 0.5) is 5.69 Å². The molecule has 2 N–H and O–H groups in total. The molecule has 1 aromatic carbocycles. The van der Waals surface area contributed by atoms with E-state index < -0.39 is 10.0 Å². The van der Waals surface area contributed by atoms with E-state index in [2.05, 4.69) is 9.88 Å². The zero-order valence-corrected chi connectivity index (χ0v) is 9.38. The van der Waals surface area contributed by atoms with Gasteiger partial charge in [0.25, 0.3) is 0 Å². The second kappa shape index (κ2) is 4.50. The predicted octanol–water partition coefficient (Wildman–Crippen LogP) is 1.43. The van der Waals surface area contributed by atoms with Gasteiger partial charge in [0.1, 0.15) is 0 Å². The molecule has 0 aromatic heterocycles. The average molecular weight is 249 g/mol. The maximum absolute atomic E-state index is 10.9. The van der Waals surface area contributed by atoms with Gasteiger partial charge in [-0.15, -0.1) is 0 Å². The molecule has 0 bridgehead atoms. The third-order valence-electron chi connectivity index (χ3n) is 1.51. The molecule has 0 aliphatic heterocycles. The molecule has 0 spiro atoms. The van der Waals surface area contributed by atoms with Crippen LogP contribution >= 0.6 is 11.6 Å². The Morgan fingerprint density at radius 1 is 1.40 bits per heavy atom. The van der Waals surface area contributed by atoms with E-state index in [1.165, 1.54) is 24.3 Å². The van der Waals surface area contributed by atoms with Crippen LogP contribution in [0.2, 0.25) is 0 Å². The Kier molecular flexibility index (Phi) is 3.54. The van der Waals surface area contributed by atoms with Gasteiger partial charge < -0.3 is 5.21 Å². The number of nitrogens with zero attached hydrogens (tertiary/aromatic N) is 1. The van der Waals surface area contributed by atoms with Crippen molar-refractivity contribution in [3.63, 3.8) is 0 Å². The minimum atomic E-state index is -3.28. The molecule has 0 unspecified atom stereocenters. The van der Waals surface area contributed by atoms with Gasteiger partial charge in [0.05, 0.1) is 6.26 Å². The zero-order chi connectivity index (χ0) is 11.5. The van der Waals surface area contributed by atoms with E-state index in [0.717, 1.165) is 6.26 Å². The fourth-order valence-electron chi connectivity index (χ4n) is 0.948. The highest BCUT2D eigenvalue weighted by Crippen LogP contribution is 2.12. The van der Waals surface area contributed by atoms with Crippen LogP contribution in [0.15, 0.2) is 29.4 Å². The Hall–Kier alpha value is -1.27. The maximum Gasteiger partial charge on any atom is 0.229 e. The number of rotatable bonds is 3. The first kappa shape index (κ1) is 11.8. The number of halogens is 1. The summed E-state index contributed by atoms with van der Waals surface area (Å²) in [5.41, 5.74) is 0.918. The Morgan fingerprint density at radius 3 is 2.33 bits per heavy atom. The van der Waals surface area contributed by atoms with Crippen LogP contribution in [0.25, 0.3) is 0 Å². The van der Waals surface area contributed by atoms with Crippen LogP contribution in [0.1, 0.15) is 5.56 Å². The lowest BCUT2D eigenvalue weighted by Crippen LogP contribution is -2.09. The van der Waals surface area contributed by atoms with Crippen molar-refractivity contribution >= 4 is 32.5 Å². The van der Waals surface area contributed by atoms with Crippen molar-refractivity contribution in [3.05, 3.63) is 29.8 Å². The lowest BCUT2D eigenvalue weighted by Gasteiger charge is -2.03. The molecule has 0 saturated carbocycles. The predicted molar refractivity (Wildman–Crippen MR) is 59.1 cm³/mol. The number of sulfonamides is 1. The number of hydrogen-bond acceptors (Lipinski definition) is 4. The van der Waals surface area contributed by atoms with E-state index in [1.807, 2.05) is 0 Å². The molecular formula is C8H9ClN2O3S. The van der Waals surface area contributed by atoms with Crippen molar-refractivity contribution in [2.75, 3.05) is 11.0 Å². The highest BCUT2D eigenvalue weighted by molar-refractivity contribution is 7.92.